The quantitative estimate of drug-likeness (QED) is 0.607. The summed E-state index contributed by atoms with van der Waals surface area (Å²) in [6, 6.07) is -0.355. The molecule has 0 radical (unpaired) electrons. The number of amides is 1. The second kappa shape index (κ2) is 4.54. The maximum atomic E-state index is 10.9. The summed E-state index contributed by atoms with van der Waals surface area (Å²) in [7, 11) is 0. The molecular weight excluding hydrogens is 158 g/mol. The molecule has 0 spiro atoms. The van der Waals surface area contributed by atoms with Gasteiger partial charge in [-0.05, 0) is 13.8 Å². The summed E-state index contributed by atoms with van der Waals surface area (Å²) in [5.41, 5.74) is 0.382. The van der Waals surface area contributed by atoms with Crippen LogP contribution in [0.25, 0.3) is 0 Å². The SMILES string of the molecule is C=C(C)C(=O)NC(C)CC(=O)O. The van der Waals surface area contributed by atoms with Crippen LogP contribution in [0.4, 0.5) is 0 Å². The van der Waals surface area contributed by atoms with Gasteiger partial charge < -0.3 is 10.4 Å². The van der Waals surface area contributed by atoms with E-state index < -0.39 is 5.97 Å². The molecule has 0 bridgehead atoms. The largest absolute Gasteiger partial charge is 0.481 e. The lowest BCUT2D eigenvalue weighted by atomic mass is 10.2. The molecule has 0 aromatic carbocycles. The average Bonchev–Trinajstić information content (AvgIpc) is 1.84. The number of carboxylic acids is 1. The molecular formula is C8H13NO3. The van der Waals surface area contributed by atoms with Crippen molar-refractivity contribution in [3.8, 4) is 0 Å². The average molecular weight is 171 g/mol. The molecule has 1 amide bonds. The van der Waals surface area contributed by atoms with E-state index in [1.54, 1.807) is 13.8 Å². The Bertz CT molecular complexity index is 210. The molecule has 0 aromatic heterocycles. The van der Waals surface area contributed by atoms with Gasteiger partial charge in [-0.2, -0.15) is 0 Å². The predicted octanol–water partition coefficient (Wildman–Crippen LogP) is 0.542. The minimum Gasteiger partial charge on any atom is -0.481 e. The molecule has 0 aliphatic carbocycles. The van der Waals surface area contributed by atoms with E-state index >= 15 is 0 Å². The molecule has 0 rings (SSSR count). The van der Waals surface area contributed by atoms with Crippen molar-refractivity contribution >= 4 is 11.9 Å². The number of carboxylic acid groups (broad SMARTS) is 1. The summed E-state index contributed by atoms with van der Waals surface area (Å²) >= 11 is 0. The second-order valence-electron chi connectivity index (χ2n) is 2.75. The minimum absolute atomic E-state index is 0.0704. The van der Waals surface area contributed by atoms with Crippen LogP contribution in [-0.2, 0) is 9.59 Å². The molecule has 0 saturated heterocycles. The summed E-state index contributed by atoms with van der Waals surface area (Å²) in [6.07, 6.45) is -0.0704. The number of nitrogens with one attached hydrogen (secondary N) is 1. The van der Waals surface area contributed by atoms with E-state index in [4.69, 9.17) is 5.11 Å². The second-order valence-corrected chi connectivity index (χ2v) is 2.75. The highest BCUT2D eigenvalue weighted by Gasteiger charge is 2.10. The molecule has 12 heavy (non-hydrogen) atoms. The van der Waals surface area contributed by atoms with Crippen molar-refractivity contribution in [1.29, 1.82) is 0 Å². The van der Waals surface area contributed by atoms with E-state index in [2.05, 4.69) is 11.9 Å². The molecule has 2 N–H and O–H groups in total. The Morgan fingerprint density at radius 1 is 1.58 bits per heavy atom. The summed E-state index contributed by atoms with van der Waals surface area (Å²) in [5, 5.41) is 10.9. The highest BCUT2D eigenvalue weighted by atomic mass is 16.4. The Hall–Kier alpha value is -1.32. The van der Waals surface area contributed by atoms with Crippen LogP contribution in [0.2, 0.25) is 0 Å². The van der Waals surface area contributed by atoms with Gasteiger partial charge in [0.2, 0.25) is 5.91 Å². The van der Waals surface area contributed by atoms with Gasteiger partial charge in [-0.25, -0.2) is 0 Å². The normalized spacial score (nSPS) is 11.8. The van der Waals surface area contributed by atoms with Crippen molar-refractivity contribution in [3.05, 3.63) is 12.2 Å². The van der Waals surface area contributed by atoms with Crippen LogP contribution in [0.5, 0.6) is 0 Å². The standard InChI is InChI=1S/C8H13NO3/c1-5(2)8(12)9-6(3)4-7(10)11/h6H,1,4H2,2-3H3,(H,9,12)(H,10,11). The van der Waals surface area contributed by atoms with Gasteiger partial charge in [0.15, 0.2) is 0 Å². The first kappa shape index (κ1) is 10.7. The van der Waals surface area contributed by atoms with Crippen LogP contribution in [-0.4, -0.2) is 23.0 Å². The molecule has 0 aliphatic rings. The van der Waals surface area contributed by atoms with E-state index in [1.165, 1.54) is 0 Å². The molecule has 0 aliphatic heterocycles. The van der Waals surface area contributed by atoms with Crippen LogP contribution in [0, 0.1) is 0 Å². The lowest BCUT2D eigenvalue weighted by Crippen LogP contribution is -2.34. The monoisotopic (exact) mass is 171 g/mol. The van der Waals surface area contributed by atoms with Gasteiger partial charge in [-0.3, -0.25) is 9.59 Å². The van der Waals surface area contributed by atoms with Crippen LogP contribution in [0.15, 0.2) is 12.2 Å². The first-order chi connectivity index (χ1) is 5.43. The first-order valence-corrected chi connectivity index (χ1v) is 3.61. The molecule has 1 unspecified atom stereocenters. The summed E-state index contributed by atoms with van der Waals surface area (Å²) in [6.45, 7) is 6.63. The van der Waals surface area contributed by atoms with Crippen molar-refractivity contribution < 1.29 is 14.7 Å². The van der Waals surface area contributed by atoms with Gasteiger partial charge in [0.1, 0.15) is 0 Å². The number of hydrogen-bond donors (Lipinski definition) is 2. The molecule has 4 heteroatoms. The molecule has 0 aromatic rings. The van der Waals surface area contributed by atoms with Crippen LogP contribution >= 0.6 is 0 Å². The minimum atomic E-state index is -0.926. The Morgan fingerprint density at radius 2 is 2.08 bits per heavy atom. The molecule has 0 saturated carbocycles. The maximum absolute atomic E-state index is 10.9. The summed E-state index contributed by atoms with van der Waals surface area (Å²) in [5.74, 6) is -1.23. The Balaban J connectivity index is 3.84. The van der Waals surface area contributed by atoms with Gasteiger partial charge in [-0.15, -0.1) is 0 Å². The van der Waals surface area contributed by atoms with Crippen molar-refractivity contribution in [2.24, 2.45) is 0 Å². The predicted molar refractivity (Wildman–Crippen MR) is 44.7 cm³/mol. The smallest absolute Gasteiger partial charge is 0.305 e. The number of aliphatic carboxylic acids is 1. The van der Waals surface area contributed by atoms with E-state index in [0.717, 1.165) is 0 Å². The fraction of sp³-hybridized carbons (Fsp3) is 0.500. The molecule has 68 valence electrons. The van der Waals surface area contributed by atoms with Crippen molar-refractivity contribution in [1.82, 2.24) is 5.32 Å². The van der Waals surface area contributed by atoms with Gasteiger partial charge in [0, 0.05) is 11.6 Å². The Kier molecular flexibility index (Phi) is 4.04. The van der Waals surface area contributed by atoms with Crippen LogP contribution in [0.1, 0.15) is 20.3 Å². The lowest BCUT2D eigenvalue weighted by Gasteiger charge is -2.10. The Labute approximate surface area is 71.3 Å². The van der Waals surface area contributed by atoms with Gasteiger partial charge in [0.05, 0.1) is 6.42 Å². The maximum Gasteiger partial charge on any atom is 0.305 e. The van der Waals surface area contributed by atoms with E-state index in [1.807, 2.05) is 0 Å². The van der Waals surface area contributed by atoms with Gasteiger partial charge >= 0.3 is 5.97 Å². The number of rotatable bonds is 4. The summed E-state index contributed by atoms with van der Waals surface area (Å²) < 4.78 is 0. The molecule has 1 atom stereocenters. The van der Waals surface area contributed by atoms with Crippen molar-refractivity contribution in [2.45, 2.75) is 26.3 Å². The van der Waals surface area contributed by atoms with Gasteiger partial charge in [-0.1, -0.05) is 6.58 Å². The van der Waals surface area contributed by atoms with Crippen molar-refractivity contribution in [3.63, 3.8) is 0 Å². The number of carbonyl (C=O) groups is 2. The molecule has 0 fully saturated rings. The third-order valence-corrected chi connectivity index (χ3v) is 1.25. The van der Waals surface area contributed by atoms with E-state index in [-0.39, 0.29) is 18.4 Å². The fourth-order valence-corrected chi connectivity index (χ4v) is 0.660. The van der Waals surface area contributed by atoms with Gasteiger partial charge in [0.25, 0.3) is 0 Å². The highest BCUT2D eigenvalue weighted by molar-refractivity contribution is 5.92. The first-order valence-electron chi connectivity index (χ1n) is 3.61. The Morgan fingerprint density at radius 3 is 2.42 bits per heavy atom. The topological polar surface area (TPSA) is 66.4 Å². The van der Waals surface area contributed by atoms with Crippen LogP contribution < -0.4 is 5.32 Å². The molecule has 4 nitrogen and oxygen atoms in total. The molecule has 0 heterocycles. The zero-order valence-corrected chi connectivity index (χ0v) is 7.26. The van der Waals surface area contributed by atoms with E-state index in [0.29, 0.717) is 5.57 Å². The van der Waals surface area contributed by atoms with Crippen LogP contribution in [0.3, 0.4) is 0 Å². The zero-order valence-electron chi connectivity index (χ0n) is 7.26. The third kappa shape index (κ3) is 4.49. The highest BCUT2D eigenvalue weighted by Crippen LogP contribution is 1.93. The lowest BCUT2D eigenvalue weighted by molar-refractivity contribution is -0.137. The third-order valence-electron chi connectivity index (χ3n) is 1.25. The number of carbonyl (C=O) groups excluding carboxylic acids is 1. The fourth-order valence-electron chi connectivity index (χ4n) is 0.660. The van der Waals surface area contributed by atoms with Crippen molar-refractivity contribution in [2.75, 3.05) is 0 Å². The zero-order chi connectivity index (χ0) is 9.72. The van der Waals surface area contributed by atoms with E-state index in [9.17, 15) is 9.59 Å². The summed E-state index contributed by atoms with van der Waals surface area (Å²) in [4.78, 5) is 21.1. The number of hydrogen-bond acceptors (Lipinski definition) is 2.